The zero-order valence-corrected chi connectivity index (χ0v) is 12.5. The van der Waals surface area contributed by atoms with Crippen LogP contribution in [0.2, 0.25) is 0 Å². The number of likely N-dealkylation sites (tertiary alicyclic amines) is 1. The van der Waals surface area contributed by atoms with E-state index in [1.54, 1.807) is 7.05 Å². The average molecular weight is 272 g/mol. The fourth-order valence-electron chi connectivity index (χ4n) is 2.88. The van der Waals surface area contributed by atoms with Gasteiger partial charge in [0.15, 0.2) is 0 Å². The van der Waals surface area contributed by atoms with Gasteiger partial charge in [0.25, 0.3) is 5.92 Å². The molecule has 110 valence electrons. The maximum absolute atomic E-state index is 13.4. The summed E-state index contributed by atoms with van der Waals surface area (Å²) in [6, 6.07) is 0.228. The van der Waals surface area contributed by atoms with Gasteiger partial charge in [0.05, 0.1) is 6.54 Å². The average Bonchev–Trinajstić information content (AvgIpc) is 2.30. The highest BCUT2D eigenvalue weighted by Gasteiger charge is 2.42. The zero-order chi connectivity index (χ0) is 14.5. The lowest BCUT2D eigenvalue weighted by Crippen LogP contribution is -2.50. The molecule has 4 heteroatoms. The Morgan fingerprint density at radius 2 is 2.16 bits per heavy atom. The van der Waals surface area contributed by atoms with Crippen LogP contribution in [0.5, 0.6) is 0 Å². The molecule has 0 spiro atoms. The molecule has 0 aromatic heterocycles. The van der Waals surface area contributed by atoms with E-state index in [9.17, 15) is 8.78 Å². The fraction of sp³-hybridized carbons (Fsp3) is 0.800. The van der Waals surface area contributed by atoms with Crippen LogP contribution in [0.25, 0.3) is 0 Å². The number of rotatable bonds is 5. The first-order valence-corrected chi connectivity index (χ1v) is 7.15. The van der Waals surface area contributed by atoms with Crippen molar-refractivity contribution < 1.29 is 8.78 Å². The van der Waals surface area contributed by atoms with Gasteiger partial charge in [0.1, 0.15) is 0 Å². The highest BCUT2D eigenvalue weighted by Crippen LogP contribution is 2.35. The summed E-state index contributed by atoms with van der Waals surface area (Å²) in [5.41, 5.74) is 1.06. The summed E-state index contributed by atoms with van der Waals surface area (Å²) in [5.74, 6) is -2.50. The summed E-state index contributed by atoms with van der Waals surface area (Å²) in [6.45, 7) is 5.84. The van der Waals surface area contributed by atoms with Crippen LogP contribution in [0.1, 0.15) is 46.5 Å². The molecular formula is C15H26F2N2. The van der Waals surface area contributed by atoms with Crippen LogP contribution in [0.3, 0.4) is 0 Å². The molecule has 19 heavy (non-hydrogen) atoms. The maximum atomic E-state index is 13.4. The third-order valence-electron chi connectivity index (χ3n) is 3.79. The number of hydrogen-bond donors (Lipinski definition) is 0. The van der Waals surface area contributed by atoms with Crippen molar-refractivity contribution in [1.29, 1.82) is 0 Å². The van der Waals surface area contributed by atoms with Gasteiger partial charge in [-0.1, -0.05) is 19.9 Å². The van der Waals surface area contributed by atoms with Gasteiger partial charge in [-0.3, -0.25) is 9.89 Å². The third-order valence-corrected chi connectivity index (χ3v) is 3.79. The molecular weight excluding hydrogens is 246 g/mol. The largest absolute Gasteiger partial charge is 0.297 e. The number of alkyl halides is 2. The summed E-state index contributed by atoms with van der Waals surface area (Å²) in [6.07, 6.45) is 6.59. The van der Waals surface area contributed by atoms with Crippen molar-refractivity contribution in [3.63, 3.8) is 0 Å². The third kappa shape index (κ3) is 5.01. The molecule has 1 saturated heterocycles. The van der Waals surface area contributed by atoms with Crippen LogP contribution in [-0.4, -0.2) is 36.7 Å². The van der Waals surface area contributed by atoms with Crippen molar-refractivity contribution in [3.8, 4) is 0 Å². The van der Waals surface area contributed by atoms with Gasteiger partial charge in [-0.2, -0.15) is 0 Å². The lowest BCUT2D eigenvalue weighted by Gasteiger charge is -2.41. The van der Waals surface area contributed by atoms with Crippen molar-refractivity contribution in [3.05, 3.63) is 11.8 Å². The van der Waals surface area contributed by atoms with Gasteiger partial charge in [0.2, 0.25) is 0 Å². The fourth-order valence-corrected chi connectivity index (χ4v) is 2.88. The SMILES string of the molecule is C/C=C(/CCC1C(C)CC(F)(F)CN1C)N=CCC. The molecule has 2 nitrogen and oxygen atoms in total. The first-order chi connectivity index (χ1) is 8.89. The van der Waals surface area contributed by atoms with E-state index in [0.29, 0.717) is 0 Å². The Bertz CT molecular complexity index is 323. The highest BCUT2D eigenvalue weighted by molar-refractivity contribution is 5.58. The van der Waals surface area contributed by atoms with E-state index in [1.165, 1.54) is 0 Å². The second-order valence-corrected chi connectivity index (χ2v) is 5.56. The lowest BCUT2D eigenvalue weighted by atomic mass is 9.86. The lowest BCUT2D eigenvalue weighted by molar-refractivity contribution is -0.0970. The van der Waals surface area contributed by atoms with Crippen LogP contribution in [0.4, 0.5) is 8.78 Å². The molecule has 2 atom stereocenters. The monoisotopic (exact) mass is 272 g/mol. The molecule has 0 saturated carbocycles. The van der Waals surface area contributed by atoms with Crippen molar-refractivity contribution in [2.24, 2.45) is 10.9 Å². The van der Waals surface area contributed by atoms with E-state index in [0.717, 1.165) is 25.0 Å². The van der Waals surface area contributed by atoms with Crippen molar-refractivity contribution >= 4 is 6.21 Å². The highest BCUT2D eigenvalue weighted by atomic mass is 19.3. The molecule has 0 N–H and O–H groups in total. The van der Waals surface area contributed by atoms with E-state index in [2.05, 4.69) is 11.9 Å². The second-order valence-electron chi connectivity index (χ2n) is 5.56. The Kier molecular flexibility index (Phi) is 6.11. The van der Waals surface area contributed by atoms with E-state index >= 15 is 0 Å². The van der Waals surface area contributed by atoms with Crippen molar-refractivity contribution in [2.75, 3.05) is 13.6 Å². The Hall–Kier alpha value is -0.770. The van der Waals surface area contributed by atoms with Crippen LogP contribution in [-0.2, 0) is 0 Å². The van der Waals surface area contributed by atoms with Crippen LogP contribution >= 0.6 is 0 Å². The van der Waals surface area contributed by atoms with Gasteiger partial charge in [0, 0.05) is 24.4 Å². The van der Waals surface area contributed by atoms with E-state index in [-0.39, 0.29) is 24.9 Å². The molecule has 0 amide bonds. The van der Waals surface area contributed by atoms with E-state index < -0.39 is 5.92 Å². The minimum absolute atomic E-state index is 0.00536. The predicted molar refractivity (Wildman–Crippen MR) is 76.9 cm³/mol. The van der Waals surface area contributed by atoms with Crippen molar-refractivity contribution in [1.82, 2.24) is 4.90 Å². The summed E-state index contributed by atoms with van der Waals surface area (Å²) < 4.78 is 26.9. The minimum atomic E-state index is -2.53. The zero-order valence-electron chi connectivity index (χ0n) is 12.5. The number of halogens is 2. The Morgan fingerprint density at radius 1 is 1.47 bits per heavy atom. The first-order valence-electron chi connectivity index (χ1n) is 7.15. The van der Waals surface area contributed by atoms with E-state index in [4.69, 9.17) is 0 Å². The Balaban J connectivity index is 2.55. The molecule has 1 aliphatic heterocycles. The number of aliphatic imine (C=N–C) groups is 1. The molecule has 0 aliphatic carbocycles. The van der Waals surface area contributed by atoms with Gasteiger partial charge < -0.3 is 0 Å². The normalized spacial score (nSPS) is 29.1. The smallest absolute Gasteiger partial charge is 0.260 e. The van der Waals surface area contributed by atoms with Crippen LogP contribution in [0.15, 0.2) is 16.8 Å². The van der Waals surface area contributed by atoms with Crippen LogP contribution < -0.4 is 0 Å². The first kappa shape index (κ1) is 16.3. The molecule has 0 aromatic carbocycles. The molecule has 1 heterocycles. The second kappa shape index (κ2) is 7.13. The van der Waals surface area contributed by atoms with Gasteiger partial charge in [-0.15, -0.1) is 0 Å². The predicted octanol–water partition coefficient (Wildman–Crippen LogP) is 4.13. The van der Waals surface area contributed by atoms with Crippen LogP contribution in [0, 0.1) is 5.92 Å². The molecule has 0 bridgehead atoms. The molecule has 1 fully saturated rings. The summed E-state index contributed by atoms with van der Waals surface area (Å²) in [5, 5.41) is 0. The molecule has 2 unspecified atom stereocenters. The summed E-state index contributed by atoms with van der Waals surface area (Å²) in [7, 11) is 1.80. The minimum Gasteiger partial charge on any atom is -0.297 e. The summed E-state index contributed by atoms with van der Waals surface area (Å²) >= 11 is 0. The maximum Gasteiger partial charge on any atom is 0.260 e. The van der Waals surface area contributed by atoms with Gasteiger partial charge in [-0.25, -0.2) is 8.78 Å². The van der Waals surface area contributed by atoms with Gasteiger partial charge >= 0.3 is 0 Å². The molecule has 0 radical (unpaired) electrons. The Morgan fingerprint density at radius 3 is 2.68 bits per heavy atom. The molecule has 1 rings (SSSR count). The number of hydrogen-bond acceptors (Lipinski definition) is 2. The van der Waals surface area contributed by atoms with Crippen molar-refractivity contribution in [2.45, 2.75) is 58.4 Å². The van der Waals surface area contributed by atoms with E-state index in [1.807, 2.05) is 31.0 Å². The number of nitrogens with zero attached hydrogens (tertiary/aromatic N) is 2. The number of allylic oxidation sites excluding steroid dienone is 2. The quantitative estimate of drug-likeness (QED) is 0.687. The number of piperidine rings is 1. The standard InChI is InChI=1S/C15H26F2N2/c1-5-9-18-13(6-2)7-8-14-12(3)10-15(16,17)11-19(14)4/h6,9,12,14H,5,7-8,10-11H2,1-4H3/b13-6-,18-9?. The molecule has 1 aliphatic rings. The summed E-state index contributed by atoms with van der Waals surface area (Å²) in [4.78, 5) is 6.20. The topological polar surface area (TPSA) is 15.6 Å². The van der Waals surface area contributed by atoms with Gasteiger partial charge in [-0.05, 0) is 39.2 Å². The Labute approximate surface area is 115 Å². The molecule has 0 aromatic rings.